The molecule has 0 bridgehead atoms. The van der Waals surface area contributed by atoms with Crippen LogP contribution >= 0.6 is 11.6 Å². The van der Waals surface area contributed by atoms with Crippen LogP contribution < -0.4 is 10.1 Å². The summed E-state index contributed by atoms with van der Waals surface area (Å²) < 4.78 is 38.3. The van der Waals surface area contributed by atoms with Gasteiger partial charge in [0, 0.05) is 0 Å². The fourth-order valence-electron chi connectivity index (χ4n) is 2.90. The first-order valence-corrected chi connectivity index (χ1v) is 11.4. The van der Waals surface area contributed by atoms with Gasteiger partial charge in [-0.25, -0.2) is 8.42 Å². The molecule has 3 rings (SSSR count). The first-order chi connectivity index (χ1) is 14.8. The van der Waals surface area contributed by atoms with Gasteiger partial charge in [-0.1, -0.05) is 17.7 Å². The van der Waals surface area contributed by atoms with Gasteiger partial charge in [0.1, 0.15) is 11.5 Å². The second-order valence-corrected chi connectivity index (χ2v) is 9.13. The van der Waals surface area contributed by atoms with Crippen molar-refractivity contribution in [2.45, 2.75) is 25.3 Å². The molecule has 1 heterocycles. The van der Waals surface area contributed by atoms with Crippen LogP contribution in [0.25, 0.3) is 0 Å². The summed E-state index contributed by atoms with van der Waals surface area (Å²) in [5.74, 6) is 0.452. The van der Waals surface area contributed by atoms with Gasteiger partial charge in [-0.05, 0) is 67.9 Å². The van der Waals surface area contributed by atoms with Crippen molar-refractivity contribution in [1.29, 1.82) is 0 Å². The van der Waals surface area contributed by atoms with Gasteiger partial charge in [0.2, 0.25) is 15.9 Å². The molecule has 0 spiro atoms. The normalized spacial score (nSPS) is 11.5. The molecule has 164 valence electrons. The van der Waals surface area contributed by atoms with Crippen LogP contribution in [-0.2, 0) is 21.4 Å². The van der Waals surface area contributed by atoms with Crippen LogP contribution in [-0.4, -0.2) is 31.8 Å². The molecule has 0 radical (unpaired) electrons. The SMILES string of the molecule is CCOc1ccc(S(=O)(=O)N(CC(=O)Nc2ccc(C)cc2Cl)Cc2ccco2)cc1. The summed E-state index contributed by atoms with van der Waals surface area (Å²) >= 11 is 6.18. The molecule has 1 aromatic heterocycles. The molecule has 9 heteroatoms. The van der Waals surface area contributed by atoms with Gasteiger partial charge in [0.25, 0.3) is 0 Å². The third-order valence-corrected chi connectivity index (χ3v) is 6.52. The maximum absolute atomic E-state index is 13.3. The minimum absolute atomic E-state index is 0.0451. The Morgan fingerprint density at radius 3 is 2.52 bits per heavy atom. The van der Waals surface area contributed by atoms with Crippen LogP contribution in [0.3, 0.4) is 0 Å². The number of halogens is 1. The largest absolute Gasteiger partial charge is 0.494 e. The predicted molar refractivity (Wildman–Crippen MR) is 119 cm³/mol. The van der Waals surface area contributed by atoms with Crippen LogP contribution in [0.1, 0.15) is 18.2 Å². The lowest BCUT2D eigenvalue weighted by Crippen LogP contribution is -2.37. The van der Waals surface area contributed by atoms with Crippen LogP contribution in [0.15, 0.2) is 70.2 Å². The Bertz CT molecular complexity index is 1130. The Morgan fingerprint density at radius 2 is 1.90 bits per heavy atom. The average molecular weight is 463 g/mol. The van der Waals surface area contributed by atoms with Crippen molar-refractivity contribution in [3.8, 4) is 5.75 Å². The summed E-state index contributed by atoms with van der Waals surface area (Å²) in [7, 11) is -3.99. The third-order valence-electron chi connectivity index (χ3n) is 4.40. The molecule has 31 heavy (non-hydrogen) atoms. The molecule has 0 aliphatic heterocycles. The number of ether oxygens (including phenoxy) is 1. The monoisotopic (exact) mass is 462 g/mol. The van der Waals surface area contributed by atoms with E-state index in [0.29, 0.717) is 28.8 Å². The number of furan rings is 1. The zero-order valence-corrected chi connectivity index (χ0v) is 18.7. The van der Waals surface area contributed by atoms with E-state index in [1.807, 2.05) is 13.8 Å². The fraction of sp³-hybridized carbons (Fsp3) is 0.227. The zero-order chi connectivity index (χ0) is 22.4. The molecule has 2 aromatic carbocycles. The summed E-state index contributed by atoms with van der Waals surface area (Å²) in [6.07, 6.45) is 1.45. The minimum atomic E-state index is -3.99. The lowest BCUT2D eigenvalue weighted by Gasteiger charge is -2.21. The van der Waals surface area contributed by atoms with E-state index >= 15 is 0 Å². The number of carbonyl (C=O) groups excluding carboxylic acids is 1. The molecule has 1 amide bonds. The number of anilines is 1. The highest BCUT2D eigenvalue weighted by Gasteiger charge is 2.28. The summed E-state index contributed by atoms with van der Waals surface area (Å²) in [6.45, 7) is 3.68. The van der Waals surface area contributed by atoms with E-state index in [9.17, 15) is 13.2 Å². The predicted octanol–water partition coefficient (Wildman–Crippen LogP) is 4.47. The molecule has 7 nitrogen and oxygen atoms in total. The van der Waals surface area contributed by atoms with E-state index in [1.165, 1.54) is 18.4 Å². The molecule has 0 aliphatic carbocycles. The van der Waals surface area contributed by atoms with Gasteiger partial charge in [0.05, 0.1) is 41.6 Å². The number of nitrogens with zero attached hydrogens (tertiary/aromatic N) is 1. The van der Waals surface area contributed by atoms with Crippen molar-refractivity contribution in [3.05, 3.63) is 77.2 Å². The van der Waals surface area contributed by atoms with E-state index in [2.05, 4.69) is 5.32 Å². The molecule has 0 atom stereocenters. The number of aryl methyl sites for hydroxylation is 1. The highest BCUT2D eigenvalue weighted by Crippen LogP contribution is 2.24. The lowest BCUT2D eigenvalue weighted by atomic mass is 10.2. The minimum Gasteiger partial charge on any atom is -0.494 e. The van der Waals surface area contributed by atoms with Crippen LogP contribution in [0, 0.1) is 6.92 Å². The maximum Gasteiger partial charge on any atom is 0.243 e. The van der Waals surface area contributed by atoms with Crippen LogP contribution in [0.5, 0.6) is 5.75 Å². The Hall–Kier alpha value is -2.81. The van der Waals surface area contributed by atoms with Crippen molar-refractivity contribution in [2.75, 3.05) is 18.5 Å². The second-order valence-electron chi connectivity index (χ2n) is 6.79. The first-order valence-electron chi connectivity index (χ1n) is 9.61. The summed E-state index contributed by atoms with van der Waals surface area (Å²) in [4.78, 5) is 12.7. The van der Waals surface area contributed by atoms with E-state index < -0.39 is 22.5 Å². The number of amides is 1. The number of sulfonamides is 1. The second kappa shape index (κ2) is 10.00. The molecule has 3 aromatic rings. The fourth-order valence-corrected chi connectivity index (χ4v) is 4.54. The molecule has 0 aliphatic rings. The summed E-state index contributed by atoms with van der Waals surface area (Å²) in [5.41, 5.74) is 1.36. The Kier molecular flexibility index (Phi) is 7.37. The summed E-state index contributed by atoms with van der Waals surface area (Å²) in [5, 5.41) is 3.04. The third kappa shape index (κ3) is 5.88. The van der Waals surface area contributed by atoms with Crippen molar-refractivity contribution >= 4 is 33.2 Å². The van der Waals surface area contributed by atoms with Gasteiger partial charge >= 0.3 is 0 Å². The standard InChI is InChI=1S/C22H23ClN2O5S/c1-3-29-17-7-9-19(10-8-17)31(27,28)25(14-18-5-4-12-30-18)15-22(26)24-21-11-6-16(2)13-20(21)23/h4-13H,3,14-15H2,1-2H3,(H,24,26). The average Bonchev–Trinajstić information content (AvgIpc) is 3.23. The van der Waals surface area contributed by atoms with Crippen molar-refractivity contribution in [1.82, 2.24) is 4.31 Å². The number of rotatable bonds is 9. The lowest BCUT2D eigenvalue weighted by molar-refractivity contribution is -0.116. The molecular formula is C22H23ClN2O5S. The summed E-state index contributed by atoms with van der Waals surface area (Å²) in [6, 6.07) is 14.6. The van der Waals surface area contributed by atoms with E-state index in [-0.39, 0.29) is 11.4 Å². The van der Waals surface area contributed by atoms with Gasteiger partial charge in [-0.2, -0.15) is 4.31 Å². The number of hydrogen-bond acceptors (Lipinski definition) is 5. The number of benzene rings is 2. The van der Waals surface area contributed by atoms with E-state index in [1.54, 1.807) is 42.5 Å². The van der Waals surface area contributed by atoms with Crippen molar-refractivity contribution in [3.63, 3.8) is 0 Å². The van der Waals surface area contributed by atoms with Gasteiger partial charge in [-0.3, -0.25) is 4.79 Å². The Morgan fingerprint density at radius 1 is 1.16 bits per heavy atom. The molecule has 1 N–H and O–H groups in total. The van der Waals surface area contributed by atoms with E-state index in [0.717, 1.165) is 9.87 Å². The van der Waals surface area contributed by atoms with Crippen LogP contribution in [0.2, 0.25) is 5.02 Å². The van der Waals surface area contributed by atoms with Crippen LogP contribution in [0.4, 0.5) is 5.69 Å². The van der Waals surface area contributed by atoms with Gasteiger partial charge < -0.3 is 14.5 Å². The maximum atomic E-state index is 13.3. The zero-order valence-electron chi connectivity index (χ0n) is 17.2. The highest BCUT2D eigenvalue weighted by atomic mass is 35.5. The quantitative estimate of drug-likeness (QED) is 0.506. The molecule has 0 saturated heterocycles. The first kappa shape index (κ1) is 22.9. The highest BCUT2D eigenvalue weighted by molar-refractivity contribution is 7.89. The van der Waals surface area contributed by atoms with Crippen molar-refractivity contribution < 1.29 is 22.4 Å². The Labute approximate surface area is 186 Å². The molecule has 0 unspecified atom stereocenters. The van der Waals surface area contributed by atoms with Gasteiger partial charge in [0.15, 0.2) is 0 Å². The van der Waals surface area contributed by atoms with E-state index in [4.69, 9.17) is 20.8 Å². The Balaban J connectivity index is 1.83. The van der Waals surface area contributed by atoms with Gasteiger partial charge in [-0.15, -0.1) is 0 Å². The molecule has 0 saturated carbocycles. The van der Waals surface area contributed by atoms with Crippen molar-refractivity contribution in [2.24, 2.45) is 0 Å². The topological polar surface area (TPSA) is 88.9 Å². The number of carbonyl (C=O) groups is 1. The number of hydrogen-bond donors (Lipinski definition) is 1. The molecular weight excluding hydrogens is 440 g/mol. The molecule has 0 fully saturated rings. The number of nitrogens with one attached hydrogen (secondary N) is 1. The smallest absolute Gasteiger partial charge is 0.243 e.